The molecule has 0 bridgehead atoms. The van der Waals surface area contributed by atoms with Crippen LogP contribution in [0.25, 0.3) is 0 Å². The van der Waals surface area contributed by atoms with Crippen LogP contribution in [-0.4, -0.2) is 61.4 Å². The van der Waals surface area contributed by atoms with Gasteiger partial charge in [-0.05, 0) is 25.8 Å². The van der Waals surface area contributed by atoms with Gasteiger partial charge in [0.25, 0.3) is 0 Å². The molecule has 2 aliphatic rings. The summed E-state index contributed by atoms with van der Waals surface area (Å²) in [4.78, 5) is 25.3. The zero-order chi connectivity index (χ0) is 18.1. The Balaban J connectivity index is 1.59. The van der Waals surface area contributed by atoms with Crippen molar-refractivity contribution >= 4 is 11.8 Å². The van der Waals surface area contributed by atoms with Crippen molar-refractivity contribution in [2.45, 2.75) is 31.8 Å². The molecule has 4 rings (SSSR count). The summed E-state index contributed by atoms with van der Waals surface area (Å²) >= 11 is 0. The quantitative estimate of drug-likeness (QED) is 0.879. The van der Waals surface area contributed by atoms with Gasteiger partial charge in [0, 0.05) is 56.9 Å². The number of carbonyl (C=O) groups is 1. The maximum Gasteiger partial charge on any atom is 0.313 e. The Kier molecular flexibility index (Phi) is 4.36. The highest BCUT2D eigenvalue weighted by Crippen LogP contribution is 2.43. The van der Waals surface area contributed by atoms with Crippen LogP contribution in [0.2, 0.25) is 0 Å². The fraction of sp³-hybridized carbons (Fsp3) is 0.556. The Morgan fingerprint density at radius 2 is 2.23 bits per heavy atom. The van der Waals surface area contributed by atoms with Crippen molar-refractivity contribution in [3.63, 3.8) is 0 Å². The number of rotatable bonds is 4. The number of hydrogen-bond acceptors (Lipinski definition) is 6. The molecule has 2 aliphatic heterocycles. The molecule has 4 heterocycles. The SMILES string of the molecule is Cn1cc(CN2CCC[C@]3(C(=O)O)CN(c4cnccn4)CC[C@@H]23)cn1. The molecule has 0 radical (unpaired) electrons. The van der Waals surface area contributed by atoms with E-state index in [1.165, 1.54) is 0 Å². The number of anilines is 1. The van der Waals surface area contributed by atoms with Gasteiger partial charge in [0.15, 0.2) is 0 Å². The minimum absolute atomic E-state index is 0.0295. The van der Waals surface area contributed by atoms with E-state index in [4.69, 9.17) is 0 Å². The molecule has 8 heteroatoms. The van der Waals surface area contributed by atoms with Crippen molar-refractivity contribution in [1.29, 1.82) is 0 Å². The third-order valence-electron chi connectivity index (χ3n) is 5.74. The van der Waals surface area contributed by atoms with Gasteiger partial charge in [-0.25, -0.2) is 4.98 Å². The van der Waals surface area contributed by atoms with Gasteiger partial charge in [-0.3, -0.25) is 19.4 Å². The van der Waals surface area contributed by atoms with Gasteiger partial charge in [0.1, 0.15) is 11.2 Å². The maximum absolute atomic E-state index is 12.4. The number of carboxylic acids is 1. The van der Waals surface area contributed by atoms with Crippen LogP contribution in [0, 0.1) is 5.41 Å². The zero-order valence-electron chi connectivity index (χ0n) is 15.0. The van der Waals surface area contributed by atoms with Crippen LogP contribution in [0.1, 0.15) is 24.8 Å². The van der Waals surface area contributed by atoms with E-state index in [-0.39, 0.29) is 6.04 Å². The standard InChI is InChI=1S/C18H24N6O2/c1-22-11-14(9-21-22)12-23-7-2-4-18(17(25)26)13-24(8-3-15(18)23)16-10-19-5-6-20-16/h5-6,9-11,15H,2-4,7-8,12-13H2,1H3,(H,25,26)/t15-,18+/m1/s1. The lowest BCUT2D eigenvalue weighted by Crippen LogP contribution is -2.64. The lowest BCUT2D eigenvalue weighted by atomic mass is 9.69. The van der Waals surface area contributed by atoms with Crippen molar-refractivity contribution in [3.05, 3.63) is 36.5 Å². The van der Waals surface area contributed by atoms with E-state index in [1.54, 1.807) is 23.3 Å². The Labute approximate surface area is 152 Å². The molecule has 0 spiro atoms. The molecule has 0 saturated carbocycles. The molecule has 1 N–H and O–H groups in total. The lowest BCUT2D eigenvalue weighted by molar-refractivity contribution is -0.158. The monoisotopic (exact) mass is 356 g/mol. The van der Waals surface area contributed by atoms with Crippen molar-refractivity contribution in [2.75, 3.05) is 24.5 Å². The number of aliphatic carboxylic acids is 1. The molecule has 2 fully saturated rings. The molecule has 0 amide bonds. The fourth-order valence-electron chi connectivity index (χ4n) is 4.56. The largest absolute Gasteiger partial charge is 0.481 e. The Morgan fingerprint density at radius 3 is 2.92 bits per heavy atom. The Morgan fingerprint density at radius 1 is 1.35 bits per heavy atom. The van der Waals surface area contributed by atoms with E-state index in [9.17, 15) is 9.90 Å². The van der Waals surface area contributed by atoms with Crippen LogP contribution in [0.4, 0.5) is 5.82 Å². The van der Waals surface area contributed by atoms with Gasteiger partial charge in [0.2, 0.25) is 0 Å². The van der Waals surface area contributed by atoms with Crippen molar-refractivity contribution in [2.24, 2.45) is 12.5 Å². The summed E-state index contributed by atoms with van der Waals surface area (Å²) in [5, 5.41) is 14.4. The van der Waals surface area contributed by atoms with Crippen LogP contribution in [0.3, 0.4) is 0 Å². The zero-order valence-corrected chi connectivity index (χ0v) is 15.0. The number of likely N-dealkylation sites (tertiary alicyclic amines) is 1. The van der Waals surface area contributed by atoms with Gasteiger partial charge < -0.3 is 10.0 Å². The highest BCUT2D eigenvalue weighted by atomic mass is 16.4. The van der Waals surface area contributed by atoms with Gasteiger partial charge in [-0.1, -0.05) is 0 Å². The third-order valence-corrected chi connectivity index (χ3v) is 5.74. The van der Waals surface area contributed by atoms with E-state index < -0.39 is 11.4 Å². The molecular weight excluding hydrogens is 332 g/mol. The van der Waals surface area contributed by atoms with Crippen LogP contribution in [-0.2, 0) is 18.4 Å². The van der Waals surface area contributed by atoms with E-state index in [1.807, 2.05) is 19.4 Å². The number of piperidine rings is 2. The van der Waals surface area contributed by atoms with Gasteiger partial charge in [-0.15, -0.1) is 0 Å². The second kappa shape index (κ2) is 6.68. The summed E-state index contributed by atoms with van der Waals surface area (Å²) in [6, 6.07) is 0.0295. The summed E-state index contributed by atoms with van der Waals surface area (Å²) in [5.74, 6) is 0.0583. The average Bonchev–Trinajstić information content (AvgIpc) is 3.07. The highest BCUT2D eigenvalue weighted by Gasteiger charge is 2.53. The molecule has 2 saturated heterocycles. The summed E-state index contributed by atoms with van der Waals surface area (Å²) in [5.41, 5.74) is 0.362. The second-order valence-electron chi connectivity index (χ2n) is 7.35. The summed E-state index contributed by atoms with van der Waals surface area (Å²) in [6.07, 6.45) is 11.3. The van der Waals surface area contributed by atoms with E-state index in [0.717, 1.165) is 43.9 Å². The predicted octanol–water partition coefficient (Wildman–Crippen LogP) is 1.16. The number of carboxylic acid groups (broad SMARTS) is 1. The molecule has 0 aromatic carbocycles. The molecule has 0 unspecified atom stereocenters. The first-order chi connectivity index (χ1) is 12.6. The fourth-order valence-corrected chi connectivity index (χ4v) is 4.56. The topological polar surface area (TPSA) is 87.4 Å². The van der Waals surface area contributed by atoms with Gasteiger partial charge >= 0.3 is 5.97 Å². The predicted molar refractivity (Wildman–Crippen MR) is 95.6 cm³/mol. The number of aromatic nitrogens is 4. The van der Waals surface area contributed by atoms with Crippen molar-refractivity contribution in [3.8, 4) is 0 Å². The first kappa shape index (κ1) is 17.0. The first-order valence-corrected chi connectivity index (χ1v) is 9.04. The summed E-state index contributed by atoms with van der Waals surface area (Å²) < 4.78 is 1.79. The minimum atomic E-state index is -0.768. The first-order valence-electron chi connectivity index (χ1n) is 9.04. The van der Waals surface area contributed by atoms with Crippen LogP contribution in [0.15, 0.2) is 31.0 Å². The van der Waals surface area contributed by atoms with E-state index in [0.29, 0.717) is 13.0 Å². The van der Waals surface area contributed by atoms with Crippen LogP contribution >= 0.6 is 0 Å². The minimum Gasteiger partial charge on any atom is -0.481 e. The number of nitrogens with zero attached hydrogens (tertiary/aromatic N) is 6. The Hall–Kier alpha value is -2.48. The van der Waals surface area contributed by atoms with E-state index in [2.05, 4.69) is 24.9 Å². The van der Waals surface area contributed by atoms with Gasteiger partial charge in [-0.2, -0.15) is 5.10 Å². The maximum atomic E-state index is 12.4. The number of hydrogen-bond donors (Lipinski definition) is 1. The number of fused-ring (bicyclic) bond motifs is 1. The van der Waals surface area contributed by atoms with Gasteiger partial charge in [0.05, 0.1) is 12.4 Å². The third kappa shape index (κ3) is 2.94. The van der Waals surface area contributed by atoms with Crippen LogP contribution < -0.4 is 4.90 Å². The van der Waals surface area contributed by atoms with Crippen molar-refractivity contribution in [1.82, 2.24) is 24.6 Å². The average molecular weight is 356 g/mol. The lowest BCUT2D eigenvalue weighted by Gasteiger charge is -2.53. The molecule has 138 valence electrons. The second-order valence-corrected chi connectivity index (χ2v) is 7.35. The summed E-state index contributed by atoms with van der Waals surface area (Å²) in [7, 11) is 1.90. The molecular formula is C18H24N6O2. The highest BCUT2D eigenvalue weighted by molar-refractivity contribution is 5.77. The molecule has 26 heavy (non-hydrogen) atoms. The normalized spacial score (nSPS) is 26.5. The summed E-state index contributed by atoms with van der Waals surface area (Å²) in [6.45, 7) is 2.95. The molecule has 2 aromatic rings. The molecule has 8 nitrogen and oxygen atoms in total. The molecule has 2 aromatic heterocycles. The van der Waals surface area contributed by atoms with Crippen molar-refractivity contribution < 1.29 is 9.90 Å². The smallest absolute Gasteiger partial charge is 0.313 e. The Bertz CT molecular complexity index is 779. The molecule has 2 atom stereocenters. The molecule has 0 aliphatic carbocycles. The van der Waals surface area contributed by atoms with Crippen LogP contribution in [0.5, 0.6) is 0 Å². The van der Waals surface area contributed by atoms with E-state index >= 15 is 0 Å². The number of aryl methyl sites for hydroxylation is 1.